The number of allylic oxidation sites excluding steroid dienone is 8. The van der Waals surface area contributed by atoms with Gasteiger partial charge in [0.2, 0.25) is 0 Å². The van der Waals surface area contributed by atoms with Crippen molar-refractivity contribution in [1.29, 1.82) is 0 Å². The number of esters is 2. The summed E-state index contributed by atoms with van der Waals surface area (Å²) < 4.78 is 17.2. The predicted molar refractivity (Wildman–Crippen MR) is 229 cm³/mol. The molecule has 0 aliphatic rings. The summed E-state index contributed by atoms with van der Waals surface area (Å²) in [6.07, 6.45) is 44.3. The summed E-state index contributed by atoms with van der Waals surface area (Å²) in [5.41, 5.74) is 0. The molecule has 0 amide bonds. The van der Waals surface area contributed by atoms with Gasteiger partial charge in [0.1, 0.15) is 6.61 Å². The van der Waals surface area contributed by atoms with Gasteiger partial charge < -0.3 is 23.8 Å². The van der Waals surface area contributed by atoms with E-state index in [-0.39, 0.29) is 36.2 Å². The maximum absolute atomic E-state index is 12.7. The first-order valence-corrected chi connectivity index (χ1v) is 22.2. The van der Waals surface area contributed by atoms with E-state index in [0.717, 1.165) is 77.0 Å². The molecule has 0 bridgehead atoms. The maximum atomic E-state index is 12.7. The van der Waals surface area contributed by atoms with Gasteiger partial charge in [-0.15, -0.1) is 0 Å². The lowest BCUT2D eigenvalue weighted by molar-refractivity contribution is -0.887. The van der Waals surface area contributed by atoms with Crippen molar-refractivity contribution in [3.63, 3.8) is 0 Å². The lowest BCUT2D eigenvalue weighted by Gasteiger charge is -2.31. The molecule has 318 valence electrons. The van der Waals surface area contributed by atoms with Crippen LogP contribution < -0.4 is 0 Å². The van der Waals surface area contributed by atoms with Crippen molar-refractivity contribution in [3.8, 4) is 0 Å². The molecule has 2 unspecified atom stereocenters. The van der Waals surface area contributed by atoms with Crippen LogP contribution in [0.1, 0.15) is 181 Å². The molecule has 0 saturated carbocycles. The standard InChI is InChI=1S/C47H83NO7/c1-6-8-10-12-14-16-18-20-21-22-23-24-26-28-30-32-34-36-38-46(50)55-43(41-53-40-39-44(47(51)52)48(3,4)5)42-54-45(49)37-35-33-31-29-27-25-19-17-15-13-11-9-7-2/h18,20-25,27,43-44H,6-17,19,26,28-42H2,1-5H3/p+1/b20-18+,22-21+,24-23+,27-25+. The minimum atomic E-state index is -0.882. The molecule has 0 heterocycles. The zero-order valence-corrected chi connectivity index (χ0v) is 36.1. The highest BCUT2D eigenvalue weighted by atomic mass is 16.6. The third-order valence-corrected chi connectivity index (χ3v) is 9.76. The summed E-state index contributed by atoms with van der Waals surface area (Å²) in [7, 11) is 5.51. The van der Waals surface area contributed by atoms with Gasteiger partial charge in [-0.3, -0.25) is 9.59 Å². The Morgan fingerprint density at radius 3 is 1.47 bits per heavy atom. The molecule has 2 atom stereocenters. The fourth-order valence-corrected chi connectivity index (χ4v) is 6.26. The van der Waals surface area contributed by atoms with Crippen molar-refractivity contribution in [3.05, 3.63) is 48.6 Å². The highest BCUT2D eigenvalue weighted by Gasteiger charge is 2.31. The number of hydrogen-bond donors (Lipinski definition) is 1. The summed E-state index contributed by atoms with van der Waals surface area (Å²) in [6.45, 7) is 4.67. The van der Waals surface area contributed by atoms with Gasteiger partial charge in [0.05, 0.1) is 34.4 Å². The molecule has 55 heavy (non-hydrogen) atoms. The lowest BCUT2D eigenvalue weighted by atomic mass is 10.1. The number of quaternary nitrogens is 1. The Bertz CT molecular complexity index is 1040. The molecule has 8 heteroatoms. The zero-order valence-electron chi connectivity index (χ0n) is 36.1. The average molecular weight is 775 g/mol. The van der Waals surface area contributed by atoms with Crippen LogP contribution in [0.25, 0.3) is 0 Å². The SMILES string of the molecule is CCCCCCC/C=C/C=C/C=C/CCCCCCCC(=O)OC(COCCC(C(=O)O)[N+](C)(C)C)COC(=O)CCCCC/C=C/CCCCCCCC. The number of hydrogen-bond acceptors (Lipinski definition) is 6. The molecule has 0 aromatic heterocycles. The van der Waals surface area contributed by atoms with Crippen LogP contribution >= 0.6 is 0 Å². The van der Waals surface area contributed by atoms with E-state index in [1.54, 1.807) is 0 Å². The van der Waals surface area contributed by atoms with E-state index in [4.69, 9.17) is 14.2 Å². The van der Waals surface area contributed by atoms with E-state index in [1.807, 2.05) is 21.1 Å². The Balaban J connectivity index is 4.42. The van der Waals surface area contributed by atoms with Crippen molar-refractivity contribution < 1.29 is 38.2 Å². The van der Waals surface area contributed by atoms with Crippen LogP contribution in [0, 0.1) is 0 Å². The van der Waals surface area contributed by atoms with Gasteiger partial charge in [-0.05, 0) is 64.2 Å². The van der Waals surface area contributed by atoms with Gasteiger partial charge in [0.15, 0.2) is 12.1 Å². The van der Waals surface area contributed by atoms with Gasteiger partial charge in [-0.25, -0.2) is 4.79 Å². The quantitative estimate of drug-likeness (QED) is 0.0218. The molecule has 0 fully saturated rings. The number of carbonyl (C=O) groups excluding carboxylic acids is 2. The van der Waals surface area contributed by atoms with Gasteiger partial charge >= 0.3 is 17.9 Å². The van der Waals surface area contributed by atoms with E-state index in [2.05, 4.69) is 62.5 Å². The number of aliphatic carboxylic acids is 1. The monoisotopic (exact) mass is 775 g/mol. The van der Waals surface area contributed by atoms with Crippen LogP contribution in [-0.4, -0.2) is 80.6 Å². The van der Waals surface area contributed by atoms with Crippen LogP contribution in [0.15, 0.2) is 48.6 Å². The lowest BCUT2D eigenvalue weighted by Crippen LogP contribution is -2.50. The Hall–Kier alpha value is -2.71. The Labute approximate surface area is 337 Å². The number of likely N-dealkylation sites (N-methyl/N-ethyl adjacent to an activating group) is 1. The highest BCUT2D eigenvalue weighted by Crippen LogP contribution is 2.13. The first-order valence-electron chi connectivity index (χ1n) is 22.2. The summed E-state index contributed by atoms with van der Waals surface area (Å²) in [4.78, 5) is 36.9. The maximum Gasteiger partial charge on any atom is 0.362 e. The number of carboxylic acids is 1. The molecule has 0 aromatic carbocycles. The molecule has 0 radical (unpaired) electrons. The first kappa shape index (κ1) is 52.3. The smallest absolute Gasteiger partial charge is 0.362 e. The van der Waals surface area contributed by atoms with Crippen molar-refractivity contribution >= 4 is 17.9 Å². The van der Waals surface area contributed by atoms with Crippen molar-refractivity contribution in [2.75, 3.05) is 41.0 Å². The molecule has 0 aliphatic heterocycles. The number of carbonyl (C=O) groups is 3. The largest absolute Gasteiger partial charge is 0.477 e. The Morgan fingerprint density at radius 1 is 0.545 bits per heavy atom. The second-order valence-electron chi connectivity index (χ2n) is 16.0. The molecule has 0 aromatic rings. The predicted octanol–water partition coefficient (Wildman–Crippen LogP) is 12.0. The first-order chi connectivity index (χ1) is 26.6. The summed E-state index contributed by atoms with van der Waals surface area (Å²) in [6, 6.07) is -0.621. The molecule has 1 N–H and O–H groups in total. The fraction of sp³-hybridized carbons (Fsp3) is 0.766. The number of nitrogens with zero attached hydrogens (tertiary/aromatic N) is 1. The molecule has 0 aliphatic carbocycles. The summed E-state index contributed by atoms with van der Waals surface area (Å²) >= 11 is 0. The molecule has 0 rings (SSSR count). The van der Waals surface area contributed by atoms with Crippen LogP contribution in [0.5, 0.6) is 0 Å². The number of rotatable bonds is 39. The summed E-state index contributed by atoms with van der Waals surface area (Å²) in [5, 5.41) is 9.61. The zero-order chi connectivity index (χ0) is 40.7. The summed E-state index contributed by atoms with van der Waals surface area (Å²) in [5.74, 6) is -1.51. The van der Waals surface area contributed by atoms with E-state index in [9.17, 15) is 19.5 Å². The van der Waals surface area contributed by atoms with E-state index >= 15 is 0 Å². The molecule has 0 spiro atoms. The van der Waals surface area contributed by atoms with E-state index in [0.29, 0.717) is 19.3 Å². The number of carboxylic acid groups (broad SMARTS) is 1. The van der Waals surface area contributed by atoms with Crippen LogP contribution in [0.4, 0.5) is 0 Å². The number of ether oxygens (including phenoxy) is 3. The van der Waals surface area contributed by atoms with Crippen LogP contribution in [0.2, 0.25) is 0 Å². The normalized spacial score (nSPS) is 13.4. The second-order valence-corrected chi connectivity index (χ2v) is 16.0. The van der Waals surface area contributed by atoms with E-state index < -0.39 is 18.1 Å². The third kappa shape index (κ3) is 36.7. The van der Waals surface area contributed by atoms with Gasteiger partial charge in [0.25, 0.3) is 0 Å². The minimum Gasteiger partial charge on any atom is -0.477 e. The molecule has 8 nitrogen and oxygen atoms in total. The van der Waals surface area contributed by atoms with Gasteiger partial charge in [-0.2, -0.15) is 0 Å². The van der Waals surface area contributed by atoms with Crippen molar-refractivity contribution in [2.45, 2.75) is 193 Å². The fourth-order valence-electron chi connectivity index (χ4n) is 6.26. The van der Waals surface area contributed by atoms with Crippen molar-refractivity contribution in [1.82, 2.24) is 0 Å². The Morgan fingerprint density at radius 2 is 0.982 bits per heavy atom. The van der Waals surface area contributed by atoms with Crippen LogP contribution in [0.3, 0.4) is 0 Å². The third-order valence-electron chi connectivity index (χ3n) is 9.76. The highest BCUT2D eigenvalue weighted by molar-refractivity contribution is 5.72. The molecular weight excluding hydrogens is 691 g/mol. The van der Waals surface area contributed by atoms with E-state index in [1.165, 1.54) is 70.6 Å². The number of unbranched alkanes of at least 4 members (excludes halogenated alkanes) is 19. The van der Waals surface area contributed by atoms with Gasteiger partial charge in [-0.1, -0.05) is 146 Å². The second kappa shape index (κ2) is 38.2. The van der Waals surface area contributed by atoms with Crippen molar-refractivity contribution in [2.24, 2.45) is 0 Å². The minimum absolute atomic E-state index is 0.0473. The van der Waals surface area contributed by atoms with Gasteiger partial charge in [0, 0.05) is 19.3 Å². The topological polar surface area (TPSA) is 99.1 Å². The van der Waals surface area contributed by atoms with Crippen LogP contribution in [-0.2, 0) is 28.6 Å². The molecule has 0 saturated heterocycles. The Kier molecular flexibility index (Phi) is 36.3. The molecular formula is C47H84NO7+. The average Bonchev–Trinajstić information content (AvgIpc) is 3.14.